The molecule has 0 spiro atoms. The van der Waals surface area contributed by atoms with Crippen molar-refractivity contribution in [1.82, 2.24) is 5.32 Å². The molecule has 2 N–H and O–H groups in total. The number of nitrogens with one attached hydrogen (secondary N) is 1. The zero-order chi connectivity index (χ0) is 19.3. The van der Waals surface area contributed by atoms with Gasteiger partial charge in [0.2, 0.25) is 0 Å². The van der Waals surface area contributed by atoms with Crippen molar-refractivity contribution in [1.29, 1.82) is 5.26 Å². The lowest BCUT2D eigenvalue weighted by molar-refractivity contribution is -0.136. The summed E-state index contributed by atoms with van der Waals surface area (Å²) in [7, 11) is 1.61. The molecule has 0 aromatic heterocycles. The molecule has 146 valence electrons. The maximum atomic E-state index is 10.7. The van der Waals surface area contributed by atoms with Gasteiger partial charge in [0.25, 0.3) is 0 Å². The Morgan fingerprint density at radius 2 is 2.00 bits per heavy atom. The number of carboxylic acid groups (broad SMARTS) is 1. The van der Waals surface area contributed by atoms with Crippen LogP contribution in [0.5, 0.6) is 5.75 Å². The molecule has 1 aromatic carbocycles. The predicted octanol–water partition coefficient (Wildman–Crippen LogP) is 3.01. The van der Waals surface area contributed by atoms with Gasteiger partial charge in [0.1, 0.15) is 5.75 Å². The minimum atomic E-state index is -0.868. The Hall–Kier alpha value is -2.10. The first-order chi connectivity index (χ1) is 13.0. The van der Waals surface area contributed by atoms with E-state index in [1.807, 2.05) is 24.3 Å². The number of carbonyl (C=O) groups is 1. The van der Waals surface area contributed by atoms with Crippen molar-refractivity contribution in [3.05, 3.63) is 29.8 Å². The van der Waals surface area contributed by atoms with E-state index >= 15 is 0 Å². The molecule has 2 saturated carbocycles. The van der Waals surface area contributed by atoms with E-state index in [0.717, 1.165) is 30.6 Å². The van der Waals surface area contributed by atoms with Crippen LogP contribution in [0.2, 0.25) is 0 Å². The molecule has 2 bridgehead atoms. The highest BCUT2D eigenvalue weighted by molar-refractivity contribution is 5.69. The Labute approximate surface area is 160 Å². The number of fused-ring (bicyclic) bond motifs is 1. The Morgan fingerprint density at radius 1 is 1.33 bits per heavy atom. The number of nitriles is 1. The molecule has 2 heterocycles. The van der Waals surface area contributed by atoms with Gasteiger partial charge in [-0.25, -0.2) is 0 Å². The second kappa shape index (κ2) is 8.73. The molecule has 2 aliphatic carbocycles. The highest BCUT2D eigenvalue weighted by atomic mass is 16.5. The number of benzene rings is 1. The fraction of sp³-hybridized carbons (Fsp3) is 0.619. The van der Waals surface area contributed by atoms with E-state index < -0.39 is 11.4 Å². The average Bonchev–Trinajstić information content (AvgIpc) is 3.33. The van der Waals surface area contributed by atoms with Crippen molar-refractivity contribution in [2.45, 2.75) is 68.6 Å². The van der Waals surface area contributed by atoms with Crippen molar-refractivity contribution in [3.63, 3.8) is 0 Å². The van der Waals surface area contributed by atoms with E-state index in [-0.39, 0.29) is 12.6 Å². The molecule has 6 heteroatoms. The van der Waals surface area contributed by atoms with Crippen LogP contribution in [0.1, 0.15) is 50.5 Å². The first kappa shape index (κ1) is 19.7. The van der Waals surface area contributed by atoms with Gasteiger partial charge < -0.3 is 19.9 Å². The summed E-state index contributed by atoms with van der Waals surface area (Å²) >= 11 is 0. The van der Waals surface area contributed by atoms with E-state index in [9.17, 15) is 10.1 Å². The number of hydrogen-bond acceptors (Lipinski definition) is 5. The third-order valence-electron chi connectivity index (χ3n) is 5.87. The van der Waals surface area contributed by atoms with Crippen molar-refractivity contribution >= 4 is 5.97 Å². The lowest BCUT2D eigenvalue weighted by Crippen LogP contribution is -2.43. The Morgan fingerprint density at radius 3 is 2.48 bits per heavy atom. The van der Waals surface area contributed by atoms with Crippen molar-refractivity contribution in [2.75, 3.05) is 13.7 Å². The van der Waals surface area contributed by atoms with Crippen LogP contribution < -0.4 is 10.1 Å². The molecule has 4 aliphatic rings. The van der Waals surface area contributed by atoms with E-state index in [4.69, 9.17) is 14.6 Å². The Kier molecular flexibility index (Phi) is 6.35. The number of carboxylic acids is 1. The fourth-order valence-electron chi connectivity index (χ4n) is 4.32. The summed E-state index contributed by atoms with van der Waals surface area (Å²) in [5.41, 5.74) is 0.438. The number of hydrogen-bond donors (Lipinski definition) is 2. The third kappa shape index (κ3) is 4.79. The molecule has 4 atom stereocenters. The van der Waals surface area contributed by atoms with Gasteiger partial charge in [-0.05, 0) is 62.6 Å². The highest BCUT2D eigenvalue weighted by Crippen LogP contribution is 2.39. The maximum Gasteiger partial charge on any atom is 0.317 e. The van der Waals surface area contributed by atoms with E-state index in [0.29, 0.717) is 18.6 Å². The molecule has 1 aromatic rings. The summed E-state index contributed by atoms with van der Waals surface area (Å²) in [5.74, 6) is -0.101. The fourth-order valence-corrected chi connectivity index (χ4v) is 4.32. The molecule has 0 radical (unpaired) electrons. The molecule has 2 aliphatic heterocycles. The molecule has 0 amide bonds. The van der Waals surface area contributed by atoms with Crippen molar-refractivity contribution in [2.24, 2.45) is 0 Å². The normalized spacial score (nSPS) is 31.0. The van der Waals surface area contributed by atoms with Crippen LogP contribution in [0.3, 0.4) is 0 Å². The van der Waals surface area contributed by atoms with Gasteiger partial charge in [0, 0.05) is 6.04 Å². The number of methoxy groups -OCH3 is 1. The molecule has 4 unspecified atom stereocenters. The zero-order valence-corrected chi connectivity index (χ0v) is 15.8. The van der Waals surface area contributed by atoms with Gasteiger partial charge in [-0.15, -0.1) is 0 Å². The van der Waals surface area contributed by atoms with E-state index in [1.165, 1.54) is 19.3 Å². The van der Waals surface area contributed by atoms with Crippen LogP contribution in [-0.2, 0) is 14.9 Å². The van der Waals surface area contributed by atoms with Gasteiger partial charge >= 0.3 is 5.97 Å². The first-order valence-corrected chi connectivity index (χ1v) is 9.71. The molecular formula is C21H28N2O4. The maximum absolute atomic E-state index is 10.7. The molecule has 27 heavy (non-hydrogen) atoms. The largest absolute Gasteiger partial charge is 0.497 e. The van der Waals surface area contributed by atoms with Crippen LogP contribution in [0.25, 0.3) is 0 Å². The molecule has 6 nitrogen and oxygen atoms in total. The minimum absolute atomic E-state index is 0.0607. The van der Waals surface area contributed by atoms with E-state index in [2.05, 4.69) is 11.4 Å². The Balaban J connectivity index is 0.000000290. The average molecular weight is 372 g/mol. The first-order valence-electron chi connectivity index (χ1n) is 9.71. The number of rotatable bonds is 5. The van der Waals surface area contributed by atoms with Gasteiger partial charge in [-0.3, -0.25) is 4.79 Å². The summed E-state index contributed by atoms with van der Waals surface area (Å²) in [4.78, 5) is 10.7. The second-order valence-corrected chi connectivity index (χ2v) is 7.68. The van der Waals surface area contributed by atoms with Crippen LogP contribution in [-0.4, -0.2) is 43.0 Å². The molecule has 2 saturated heterocycles. The monoisotopic (exact) mass is 372 g/mol. The lowest BCUT2D eigenvalue weighted by Gasteiger charge is -2.36. The summed E-state index contributed by atoms with van der Waals surface area (Å²) in [6, 6.07) is 10.1. The molecule has 5 rings (SSSR count). The molecule has 4 fully saturated rings. The van der Waals surface area contributed by atoms with Crippen LogP contribution in [0.4, 0.5) is 0 Å². The smallest absolute Gasteiger partial charge is 0.317 e. The van der Waals surface area contributed by atoms with Crippen molar-refractivity contribution in [3.8, 4) is 11.8 Å². The Bertz CT molecular complexity index is 665. The van der Waals surface area contributed by atoms with Gasteiger partial charge in [0.05, 0.1) is 37.3 Å². The minimum Gasteiger partial charge on any atom is -0.497 e. The second-order valence-electron chi connectivity index (χ2n) is 7.68. The highest BCUT2D eigenvalue weighted by Gasteiger charge is 2.38. The molecular weight excluding hydrogens is 344 g/mol. The number of aliphatic carboxylic acids is 1. The van der Waals surface area contributed by atoms with Gasteiger partial charge in [-0.2, -0.15) is 5.26 Å². The van der Waals surface area contributed by atoms with Gasteiger partial charge in [0.15, 0.2) is 0 Å². The topological polar surface area (TPSA) is 91.6 Å². The van der Waals surface area contributed by atoms with E-state index in [1.54, 1.807) is 7.11 Å². The van der Waals surface area contributed by atoms with Crippen LogP contribution >= 0.6 is 0 Å². The third-order valence-corrected chi connectivity index (χ3v) is 5.87. The van der Waals surface area contributed by atoms with Crippen LogP contribution in [0, 0.1) is 11.3 Å². The summed E-state index contributed by atoms with van der Waals surface area (Å²) in [5, 5.41) is 21.5. The number of nitrogens with zero attached hydrogens (tertiary/aromatic N) is 1. The number of ether oxygens (including phenoxy) is 2. The zero-order valence-electron chi connectivity index (χ0n) is 15.8. The lowest BCUT2D eigenvalue weighted by atomic mass is 9.69. The van der Waals surface area contributed by atoms with Gasteiger partial charge in [-0.1, -0.05) is 12.1 Å². The summed E-state index contributed by atoms with van der Waals surface area (Å²) in [6.45, 7) is -0.0607. The van der Waals surface area contributed by atoms with Crippen molar-refractivity contribution < 1.29 is 19.4 Å². The summed E-state index contributed by atoms with van der Waals surface area (Å²) < 4.78 is 10.4. The summed E-state index contributed by atoms with van der Waals surface area (Å²) in [6.07, 6.45) is 8.69. The quantitative estimate of drug-likeness (QED) is 0.825. The predicted molar refractivity (Wildman–Crippen MR) is 101 cm³/mol. The SMILES string of the molecule is C1CC2CC1O2.COc1ccc(C2(C#N)CCCC(NCC(=O)O)C2)cc1. The standard InChI is InChI=1S/C16H20N2O3.C5H8O/c1-21-14-6-4-12(5-7-14)16(11-17)8-2-3-13(9-16)18-10-15(19)20;1-2-5-3-4(1)6-5/h4-7,13,18H,2-3,8-10H2,1H3,(H,19,20);4-5H,1-3H2. The van der Waals surface area contributed by atoms with Crippen LogP contribution in [0.15, 0.2) is 24.3 Å².